The summed E-state index contributed by atoms with van der Waals surface area (Å²) in [6, 6.07) is -0.416. The van der Waals surface area contributed by atoms with E-state index in [4.69, 9.17) is 21.1 Å². The maximum absolute atomic E-state index is 11.5. The van der Waals surface area contributed by atoms with Gasteiger partial charge in [-0.1, -0.05) is 0 Å². The van der Waals surface area contributed by atoms with Crippen molar-refractivity contribution in [2.45, 2.75) is 24.8 Å². The van der Waals surface area contributed by atoms with Gasteiger partial charge >= 0.3 is 17.8 Å². The molecule has 1 aromatic rings. The largest absolute Gasteiger partial charge is 0.421 e. The van der Waals surface area contributed by atoms with Crippen molar-refractivity contribution in [1.29, 1.82) is 0 Å². The summed E-state index contributed by atoms with van der Waals surface area (Å²) in [5.41, 5.74) is 0. The number of piperidine rings is 3. The molecular formula is C11H11ClN4O4. The number of hydrogen-bond donors (Lipinski definition) is 0. The summed E-state index contributed by atoms with van der Waals surface area (Å²) in [5, 5.41) is 4.19. The monoisotopic (exact) mass is 298 g/mol. The Morgan fingerprint density at radius 1 is 1.25 bits per heavy atom. The van der Waals surface area contributed by atoms with Crippen LogP contribution >= 0.6 is 11.6 Å². The van der Waals surface area contributed by atoms with E-state index in [1.807, 2.05) is 4.90 Å². The summed E-state index contributed by atoms with van der Waals surface area (Å²) < 4.78 is 12.1. The van der Waals surface area contributed by atoms with Crippen LogP contribution in [-0.2, 0) is 19.1 Å². The average Bonchev–Trinajstić information content (AvgIpc) is 2.97. The molecule has 1 unspecified atom stereocenters. The van der Waals surface area contributed by atoms with Gasteiger partial charge in [0.25, 0.3) is 0 Å². The first-order chi connectivity index (χ1) is 9.60. The summed E-state index contributed by atoms with van der Waals surface area (Å²) in [6.07, 6.45) is 3.30. The van der Waals surface area contributed by atoms with Gasteiger partial charge in [0.05, 0.1) is 0 Å². The number of rotatable bonds is 1. The van der Waals surface area contributed by atoms with Gasteiger partial charge in [-0.2, -0.15) is 0 Å². The van der Waals surface area contributed by atoms with Crippen LogP contribution in [0.1, 0.15) is 18.9 Å². The number of halogens is 1. The number of esters is 2. The molecule has 0 N–H and O–H groups in total. The molecule has 0 saturated carbocycles. The Kier molecular flexibility index (Phi) is 2.37. The fourth-order valence-electron chi connectivity index (χ4n) is 3.40. The summed E-state index contributed by atoms with van der Waals surface area (Å²) in [7, 11) is 0. The van der Waals surface area contributed by atoms with Gasteiger partial charge in [-0.25, -0.2) is 24.2 Å². The smallest absolute Gasteiger partial charge is 0.398 e. The third-order valence-corrected chi connectivity index (χ3v) is 4.38. The molecule has 4 fully saturated rings. The second-order valence-electron chi connectivity index (χ2n) is 5.17. The molecule has 5 heterocycles. The van der Waals surface area contributed by atoms with E-state index in [-0.39, 0.29) is 11.2 Å². The van der Waals surface area contributed by atoms with Crippen molar-refractivity contribution < 1.29 is 19.1 Å². The highest BCUT2D eigenvalue weighted by atomic mass is 35.5. The Morgan fingerprint density at radius 2 is 1.90 bits per heavy atom. The van der Waals surface area contributed by atoms with Crippen LogP contribution in [0.4, 0.5) is 0 Å². The first-order valence-electron chi connectivity index (χ1n) is 6.38. The minimum Gasteiger partial charge on any atom is -0.398 e. The van der Waals surface area contributed by atoms with E-state index in [1.54, 1.807) is 0 Å². The summed E-state index contributed by atoms with van der Waals surface area (Å²) in [4.78, 5) is 28.8. The predicted octanol–water partition coefficient (Wildman–Crippen LogP) is -0.0480. The molecule has 0 amide bonds. The third-order valence-electron chi connectivity index (χ3n) is 4.21. The molecule has 8 nitrogen and oxygen atoms in total. The number of aromatic nitrogens is 3. The molecule has 1 spiro atoms. The molecule has 0 aromatic carbocycles. The van der Waals surface area contributed by atoms with Crippen LogP contribution in [-0.4, -0.2) is 50.6 Å². The zero-order valence-electron chi connectivity index (χ0n) is 10.4. The second kappa shape index (κ2) is 3.92. The van der Waals surface area contributed by atoms with Crippen molar-refractivity contribution in [3.63, 3.8) is 0 Å². The standard InChI is InChI=1S/C11H11ClN4O4/c12-10-13-5-16(14-10)7-6-1-3-15(4-2-6)11(7)19-8(17)9(18)20-11/h5-7H,1-4H2. The maximum atomic E-state index is 11.5. The zero-order chi connectivity index (χ0) is 13.9. The first kappa shape index (κ1) is 12.1. The van der Waals surface area contributed by atoms with Crippen molar-refractivity contribution >= 4 is 23.5 Å². The van der Waals surface area contributed by atoms with Gasteiger partial charge in [0.15, 0.2) is 6.04 Å². The summed E-state index contributed by atoms with van der Waals surface area (Å²) in [5.74, 6) is -3.13. The van der Waals surface area contributed by atoms with E-state index in [1.165, 1.54) is 11.0 Å². The fourth-order valence-corrected chi connectivity index (χ4v) is 3.53. The number of nitrogens with zero attached hydrogens (tertiary/aromatic N) is 4. The summed E-state index contributed by atoms with van der Waals surface area (Å²) >= 11 is 5.76. The lowest BCUT2D eigenvalue weighted by atomic mass is 9.81. The molecule has 9 heteroatoms. The van der Waals surface area contributed by atoms with Crippen molar-refractivity contribution in [2.24, 2.45) is 5.92 Å². The van der Waals surface area contributed by atoms with Crippen LogP contribution in [0.3, 0.4) is 0 Å². The number of ether oxygens (including phenoxy) is 2. The first-order valence-corrected chi connectivity index (χ1v) is 6.76. The number of fused-ring (bicyclic) bond motifs is 2. The molecule has 4 aliphatic heterocycles. The minimum absolute atomic E-state index is 0.104. The normalized spacial score (nSPS) is 34.4. The SMILES string of the molecule is O=C1OC2(OC1=O)C(n1cnc(Cl)n1)C1CCN2CC1. The van der Waals surface area contributed by atoms with E-state index < -0.39 is 23.9 Å². The molecule has 5 rings (SSSR count). The van der Waals surface area contributed by atoms with Crippen LogP contribution in [0.5, 0.6) is 0 Å². The molecule has 0 radical (unpaired) electrons. The molecule has 20 heavy (non-hydrogen) atoms. The highest BCUT2D eigenvalue weighted by Crippen LogP contribution is 2.50. The second-order valence-corrected chi connectivity index (χ2v) is 5.51. The van der Waals surface area contributed by atoms with Crippen molar-refractivity contribution in [2.75, 3.05) is 13.1 Å². The number of carbonyl (C=O) groups excluding carboxylic acids is 2. The lowest BCUT2D eigenvalue weighted by Gasteiger charge is -2.52. The third kappa shape index (κ3) is 1.46. The quantitative estimate of drug-likeness (QED) is 0.531. The van der Waals surface area contributed by atoms with Crippen LogP contribution in [0.25, 0.3) is 0 Å². The Morgan fingerprint density at radius 3 is 2.45 bits per heavy atom. The average molecular weight is 299 g/mol. The van der Waals surface area contributed by atoms with Crippen LogP contribution in [0.15, 0.2) is 6.33 Å². The Bertz CT molecular complexity index is 579. The van der Waals surface area contributed by atoms with Crippen LogP contribution in [0, 0.1) is 5.92 Å². The molecule has 2 bridgehead atoms. The molecule has 4 aliphatic rings. The van der Waals surface area contributed by atoms with E-state index in [9.17, 15) is 9.59 Å². The lowest BCUT2D eigenvalue weighted by Crippen LogP contribution is -2.65. The van der Waals surface area contributed by atoms with E-state index in [0.29, 0.717) is 13.1 Å². The lowest BCUT2D eigenvalue weighted by molar-refractivity contribution is -0.313. The maximum Gasteiger partial charge on any atom is 0.421 e. The summed E-state index contributed by atoms with van der Waals surface area (Å²) in [6.45, 7) is 1.42. The number of carbonyl (C=O) groups is 2. The molecular weight excluding hydrogens is 288 g/mol. The van der Waals surface area contributed by atoms with Crippen molar-refractivity contribution in [3.8, 4) is 0 Å². The Hall–Kier alpha value is -1.67. The van der Waals surface area contributed by atoms with Gasteiger partial charge in [0.2, 0.25) is 5.28 Å². The van der Waals surface area contributed by atoms with Crippen LogP contribution < -0.4 is 0 Å². The van der Waals surface area contributed by atoms with Gasteiger partial charge in [-0.3, -0.25) is 0 Å². The van der Waals surface area contributed by atoms with Crippen LogP contribution in [0.2, 0.25) is 5.28 Å². The van der Waals surface area contributed by atoms with Gasteiger partial charge in [0, 0.05) is 13.1 Å². The van der Waals surface area contributed by atoms with Gasteiger partial charge in [-0.15, -0.1) is 5.10 Å². The molecule has 0 aliphatic carbocycles. The van der Waals surface area contributed by atoms with E-state index >= 15 is 0 Å². The highest BCUT2D eigenvalue weighted by Gasteiger charge is 2.65. The van der Waals surface area contributed by atoms with E-state index in [0.717, 1.165) is 12.8 Å². The number of hydrogen-bond acceptors (Lipinski definition) is 7. The predicted molar refractivity (Wildman–Crippen MR) is 63.3 cm³/mol. The van der Waals surface area contributed by atoms with E-state index in [2.05, 4.69) is 10.1 Å². The fraction of sp³-hybridized carbons (Fsp3) is 0.636. The van der Waals surface area contributed by atoms with Crippen molar-refractivity contribution in [3.05, 3.63) is 11.6 Å². The topological polar surface area (TPSA) is 86.5 Å². The zero-order valence-corrected chi connectivity index (χ0v) is 11.1. The molecule has 1 atom stereocenters. The molecule has 106 valence electrons. The van der Waals surface area contributed by atoms with Crippen molar-refractivity contribution in [1.82, 2.24) is 19.7 Å². The van der Waals surface area contributed by atoms with Gasteiger partial charge in [-0.05, 0) is 30.4 Å². The Balaban J connectivity index is 1.81. The molecule has 1 aromatic heterocycles. The van der Waals surface area contributed by atoms with Gasteiger partial charge < -0.3 is 9.47 Å². The van der Waals surface area contributed by atoms with Gasteiger partial charge in [0.1, 0.15) is 6.33 Å². The Labute approximate surface area is 118 Å². The highest BCUT2D eigenvalue weighted by molar-refractivity contribution is 6.31. The minimum atomic E-state index is -1.40. The molecule has 4 saturated heterocycles.